The molecule has 0 atom stereocenters. The third kappa shape index (κ3) is 5.84. The molecule has 0 aromatic heterocycles. The van der Waals surface area contributed by atoms with E-state index in [9.17, 15) is 5.11 Å². The molecule has 27 heavy (non-hydrogen) atoms. The van der Waals surface area contributed by atoms with E-state index >= 15 is 0 Å². The third-order valence-electron chi connectivity index (χ3n) is 5.97. The van der Waals surface area contributed by atoms with Gasteiger partial charge in [0.25, 0.3) is 0 Å². The predicted molar refractivity (Wildman–Crippen MR) is 124 cm³/mol. The summed E-state index contributed by atoms with van der Waals surface area (Å²) in [6.07, 6.45) is 10.1. The van der Waals surface area contributed by atoms with E-state index in [4.69, 9.17) is 0 Å². The molecule has 0 heterocycles. The standard InChI is InChI=1S/C13H11O.3C4H9.Sn/c14-10-4-8-12-7-3-6-11-5-1-2-9-13(11)12;3*1-3-4-2;/h1-7,9,14H,10H2;3*1,3-4H2,2H3;. The predicted octanol–water partition coefficient (Wildman–Crippen LogP) is 7.60. The van der Waals surface area contributed by atoms with Crippen LogP contribution < -0.4 is 0 Å². The molecule has 0 saturated carbocycles. The second-order valence-corrected chi connectivity index (χ2v) is 21.0. The zero-order valence-corrected chi connectivity index (χ0v) is 20.5. The number of aliphatic hydroxyl groups is 1. The molecular formula is C25H38OSn. The molecule has 148 valence electrons. The van der Waals surface area contributed by atoms with Gasteiger partial charge >= 0.3 is 171 Å². The summed E-state index contributed by atoms with van der Waals surface area (Å²) in [5, 5.41) is 12.7. The van der Waals surface area contributed by atoms with Crippen LogP contribution in [-0.2, 0) is 0 Å². The average Bonchev–Trinajstić information content (AvgIpc) is 2.72. The first kappa shape index (κ1) is 22.5. The fourth-order valence-electron chi connectivity index (χ4n) is 4.49. The van der Waals surface area contributed by atoms with E-state index < -0.39 is 18.4 Å². The van der Waals surface area contributed by atoms with Crippen molar-refractivity contribution in [2.45, 2.75) is 72.6 Å². The Labute approximate surface area is 170 Å². The SMILES string of the molecule is CCC[CH2][Sn]([CH2]CCC)([CH2]CCC)/[C](=C/CO)c1cccc2ccccc12. The number of unbranched alkanes of at least 4 members (excludes halogenated alkanes) is 3. The summed E-state index contributed by atoms with van der Waals surface area (Å²) in [7, 11) is 0. The van der Waals surface area contributed by atoms with Crippen LogP contribution in [0.15, 0.2) is 48.5 Å². The number of hydrogen-bond acceptors (Lipinski definition) is 1. The molecule has 2 rings (SSSR count). The van der Waals surface area contributed by atoms with Crippen molar-refractivity contribution in [2.24, 2.45) is 0 Å². The number of rotatable bonds is 12. The van der Waals surface area contributed by atoms with E-state index in [0.29, 0.717) is 0 Å². The van der Waals surface area contributed by atoms with E-state index in [1.54, 1.807) is 3.59 Å². The van der Waals surface area contributed by atoms with E-state index in [-0.39, 0.29) is 6.61 Å². The molecule has 2 aromatic rings. The number of hydrogen-bond donors (Lipinski definition) is 1. The topological polar surface area (TPSA) is 20.2 Å². The molecular weight excluding hydrogens is 435 g/mol. The van der Waals surface area contributed by atoms with Gasteiger partial charge in [0.1, 0.15) is 0 Å². The van der Waals surface area contributed by atoms with Crippen LogP contribution in [-0.4, -0.2) is 30.1 Å². The molecule has 0 amide bonds. The van der Waals surface area contributed by atoms with Crippen molar-refractivity contribution in [2.75, 3.05) is 6.61 Å². The van der Waals surface area contributed by atoms with Gasteiger partial charge in [-0.1, -0.05) is 0 Å². The summed E-state index contributed by atoms with van der Waals surface area (Å²) in [4.78, 5) is 0. The zero-order chi connectivity index (χ0) is 19.5. The molecule has 0 aliphatic rings. The van der Waals surface area contributed by atoms with Crippen LogP contribution in [0.5, 0.6) is 0 Å². The quantitative estimate of drug-likeness (QED) is 0.315. The molecule has 0 radical (unpaired) electrons. The number of fused-ring (bicyclic) bond motifs is 1. The van der Waals surface area contributed by atoms with Crippen LogP contribution in [0.2, 0.25) is 13.3 Å². The summed E-state index contributed by atoms with van der Waals surface area (Å²) in [6.45, 7) is 7.14. The summed E-state index contributed by atoms with van der Waals surface area (Å²) < 4.78 is 5.89. The van der Waals surface area contributed by atoms with Gasteiger partial charge in [-0.3, -0.25) is 0 Å². The molecule has 0 fully saturated rings. The van der Waals surface area contributed by atoms with Gasteiger partial charge in [0, 0.05) is 0 Å². The third-order valence-corrected chi connectivity index (χ3v) is 21.8. The Balaban J connectivity index is 2.62. The minimum atomic E-state index is -2.61. The minimum absolute atomic E-state index is 0.168. The average molecular weight is 473 g/mol. The van der Waals surface area contributed by atoms with E-state index in [2.05, 4.69) is 69.3 Å². The van der Waals surface area contributed by atoms with Crippen molar-refractivity contribution >= 4 is 32.7 Å². The van der Waals surface area contributed by atoms with Crippen LogP contribution in [0.4, 0.5) is 0 Å². The normalized spacial score (nSPS) is 12.7. The molecule has 0 aliphatic carbocycles. The molecule has 0 bridgehead atoms. The molecule has 0 spiro atoms. The van der Waals surface area contributed by atoms with Gasteiger partial charge in [-0.25, -0.2) is 0 Å². The van der Waals surface area contributed by atoms with E-state index in [0.717, 1.165) is 0 Å². The first-order valence-electron chi connectivity index (χ1n) is 11.0. The van der Waals surface area contributed by atoms with Crippen LogP contribution in [0, 0.1) is 0 Å². The van der Waals surface area contributed by atoms with E-state index in [1.165, 1.54) is 68.2 Å². The van der Waals surface area contributed by atoms with Crippen molar-refractivity contribution in [1.82, 2.24) is 0 Å². The summed E-state index contributed by atoms with van der Waals surface area (Å²) in [5.74, 6) is 0. The van der Waals surface area contributed by atoms with Crippen molar-refractivity contribution in [3.8, 4) is 0 Å². The van der Waals surface area contributed by atoms with Gasteiger partial charge in [-0.2, -0.15) is 0 Å². The first-order valence-corrected chi connectivity index (χ1v) is 18.5. The Morgan fingerprint density at radius 3 is 1.93 bits per heavy atom. The fraction of sp³-hybridized carbons (Fsp3) is 0.520. The molecule has 2 aromatic carbocycles. The monoisotopic (exact) mass is 474 g/mol. The number of benzene rings is 2. The van der Waals surface area contributed by atoms with Gasteiger partial charge in [0.15, 0.2) is 0 Å². The van der Waals surface area contributed by atoms with Crippen molar-refractivity contribution in [1.29, 1.82) is 0 Å². The molecule has 0 aliphatic heterocycles. The fourth-order valence-corrected chi connectivity index (χ4v) is 21.5. The van der Waals surface area contributed by atoms with Crippen molar-refractivity contribution in [3.05, 3.63) is 54.1 Å². The van der Waals surface area contributed by atoms with Gasteiger partial charge in [-0.05, 0) is 0 Å². The van der Waals surface area contributed by atoms with Crippen molar-refractivity contribution < 1.29 is 5.11 Å². The summed E-state index contributed by atoms with van der Waals surface area (Å²) in [6, 6.07) is 15.5. The molecule has 2 heteroatoms. The van der Waals surface area contributed by atoms with E-state index in [1.807, 2.05) is 0 Å². The van der Waals surface area contributed by atoms with Crippen LogP contribution in [0.3, 0.4) is 0 Å². The van der Waals surface area contributed by atoms with Crippen LogP contribution in [0.1, 0.15) is 64.9 Å². The number of aliphatic hydroxyl groups excluding tert-OH is 1. The molecule has 1 nitrogen and oxygen atoms in total. The maximum atomic E-state index is 9.97. The Morgan fingerprint density at radius 2 is 1.37 bits per heavy atom. The Bertz CT molecular complexity index is 692. The molecule has 0 saturated heterocycles. The second-order valence-electron chi connectivity index (χ2n) is 7.92. The van der Waals surface area contributed by atoms with Gasteiger partial charge in [0.05, 0.1) is 0 Å². The van der Waals surface area contributed by atoms with Gasteiger partial charge in [0.2, 0.25) is 0 Å². The molecule has 1 N–H and O–H groups in total. The maximum absolute atomic E-state index is 9.97. The van der Waals surface area contributed by atoms with Crippen LogP contribution in [0.25, 0.3) is 14.4 Å². The second kappa shape index (κ2) is 11.9. The van der Waals surface area contributed by atoms with Crippen molar-refractivity contribution in [3.63, 3.8) is 0 Å². The Kier molecular flexibility index (Phi) is 9.92. The first-order chi connectivity index (χ1) is 13.2. The molecule has 0 unspecified atom stereocenters. The Hall–Kier alpha value is -0.801. The summed E-state index contributed by atoms with van der Waals surface area (Å²) in [5.41, 5.74) is 1.42. The Morgan fingerprint density at radius 1 is 0.815 bits per heavy atom. The summed E-state index contributed by atoms with van der Waals surface area (Å²) >= 11 is -2.61. The van der Waals surface area contributed by atoms with Gasteiger partial charge in [-0.15, -0.1) is 0 Å². The van der Waals surface area contributed by atoms with Gasteiger partial charge < -0.3 is 0 Å². The van der Waals surface area contributed by atoms with Crippen LogP contribution >= 0.6 is 0 Å². The zero-order valence-electron chi connectivity index (χ0n) is 17.6.